The molecule has 0 aromatic rings. The van der Waals surface area contributed by atoms with Crippen molar-refractivity contribution in [1.29, 1.82) is 0 Å². The molecule has 3 nitrogen and oxygen atoms in total. The molecule has 76 valence electrons. The number of carboxylic acid groups (broad SMARTS) is 1. The van der Waals surface area contributed by atoms with E-state index in [2.05, 4.69) is 0 Å². The van der Waals surface area contributed by atoms with E-state index in [1.807, 2.05) is 0 Å². The molecule has 1 aliphatic heterocycles. The molecule has 0 saturated carbocycles. The first kappa shape index (κ1) is 10.4. The van der Waals surface area contributed by atoms with Crippen LogP contribution >= 0.6 is 0 Å². The lowest BCUT2D eigenvalue weighted by Crippen LogP contribution is -2.48. The van der Waals surface area contributed by atoms with Crippen LogP contribution in [-0.4, -0.2) is 30.2 Å². The monoisotopic (exact) mass is 194 g/mol. The maximum Gasteiger partial charge on any atom is 0.374 e. The number of carbonyl (C=O) groups is 1. The number of alkyl halides is 2. The Bertz CT molecular complexity index is 206. The van der Waals surface area contributed by atoms with E-state index < -0.39 is 23.7 Å². The Morgan fingerprint density at radius 1 is 1.62 bits per heavy atom. The highest BCUT2D eigenvalue weighted by Gasteiger charge is 2.50. The zero-order valence-corrected chi connectivity index (χ0v) is 7.35. The first-order valence-electron chi connectivity index (χ1n) is 4.11. The SMILES string of the molecule is CCC1(CC(F)(F)C(=O)O)COC1. The first-order valence-corrected chi connectivity index (χ1v) is 4.11. The van der Waals surface area contributed by atoms with Gasteiger partial charge in [0.1, 0.15) is 0 Å². The van der Waals surface area contributed by atoms with Crippen molar-refractivity contribution in [2.24, 2.45) is 5.41 Å². The lowest BCUT2D eigenvalue weighted by atomic mass is 9.78. The smallest absolute Gasteiger partial charge is 0.374 e. The van der Waals surface area contributed by atoms with Crippen LogP contribution in [-0.2, 0) is 9.53 Å². The van der Waals surface area contributed by atoms with Gasteiger partial charge in [-0.3, -0.25) is 0 Å². The molecule has 1 N–H and O–H groups in total. The minimum absolute atomic E-state index is 0.242. The zero-order chi connectivity index (χ0) is 10.1. The Morgan fingerprint density at radius 3 is 2.38 bits per heavy atom. The third-order valence-corrected chi connectivity index (χ3v) is 2.48. The Kier molecular flexibility index (Phi) is 2.56. The molecule has 0 spiro atoms. The molecule has 5 heteroatoms. The number of hydrogen-bond acceptors (Lipinski definition) is 2. The molecule has 1 fully saturated rings. The normalized spacial score (nSPS) is 20.8. The van der Waals surface area contributed by atoms with E-state index >= 15 is 0 Å². The number of carboxylic acids is 1. The molecule has 0 aromatic heterocycles. The predicted octanol–water partition coefficient (Wildman–Crippen LogP) is 1.52. The highest BCUT2D eigenvalue weighted by atomic mass is 19.3. The summed E-state index contributed by atoms with van der Waals surface area (Å²) in [7, 11) is 0. The second-order valence-electron chi connectivity index (χ2n) is 3.53. The van der Waals surface area contributed by atoms with E-state index in [1.54, 1.807) is 6.92 Å². The molecule has 1 heterocycles. The van der Waals surface area contributed by atoms with Crippen molar-refractivity contribution in [2.45, 2.75) is 25.7 Å². The fourth-order valence-electron chi connectivity index (χ4n) is 1.37. The van der Waals surface area contributed by atoms with Gasteiger partial charge in [-0.25, -0.2) is 4.79 Å². The van der Waals surface area contributed by atoms with Gasteiger partial charge < -0.3 is 9.84 Å². The van der Waals surface area contributed by atoms with Crippen LogP contribution in [0.15, 0.2) is 0 Å². The Balaban J connectivity index is 2.60. The fourth-order valence-corrected chi connectivity index (χ4v) is 1.37. The third-order valence-electron chi connectivity index (χ3n) is 2.48. The van der Waals surface area contributed by atoms with Crippen molar-refractivity contribution in [3.05, 3.63) is 0 Å². The third kappa shape index (κ3) is 1.96. The van der Waals surface area contributed by atoms with E-state index in [0.29, 0.717) is 6.42 Å². The maximum absolute atomic E-state index is 12.8. The summed E-state index contributed by atoms with van der Waals surface area (Å²) in [5, 5.41) is 8.23. The van der Waals surface area contributed by atoms with Crippen molar-refractivity contribution in [1.82, 2.24) is 0 Å². The number of hydrogen-bond donors (Lipinski definition) is 1. The average Bonchev–Trinajstić information content (AvgIpc) is 1.96. The summed E-state index contributed by atoms with van der Waals surface area (Å²) in [5.41, 5.74) is -0.623. The summed E-state index contributed by atoms with van der Waals surface area (Å²) in [4.78, 5) is 10.2. The fraction of sp³-hybridized carbons (Fsp3) is 0.875. The van der Waals surface area contributed by atoms with Crippen molar-refractivity contribution in [3.8, 4) is 0 Å². The molecule has 13 heavy (non-hydrogen) atoms. The van der Waals surface area contributed by atoms with Gasteiger partial charge in [-0.05, 0) is 6.42 Å². The van der Waals surface area contributed by atoms with E-state index in [9.17, 15) is 13.6 Å². The van der Waals surface area contributed by atoms with Gasteiger partial charge in [0.2, 0.25) is 0 Å². The largest absolute Gasteiger partial charge is 0.477 e. The van der Waals surface area contributed by atoms with Crippen LogP contribution < -0.4 is 0 Å². The molecule has 0 radical (unpaired) electrons. The van der Waals surface area contributed by atoms with E-state index in [-0.39, 0.29) is 13.2 Å². The minimum atomic E-state index is -3.63. The van der Waals surface area contributed by atoms with Crippen LogP contribution in [0, 0.1) is 5.41 Å². The van der Waals surface area contributed by atoms with Gasteiger partial charge in [0.15, 0.2) is 0 Å². The second kappa shape index (κ2) is 3.21. The molecule has 0 aromatic carbocycles. The standard InChI is InChI=1S/C8H12F2O3/c1-2-7(4-13-5-7)3-8(9,10)6(11)12/h2-5H2,1H3,(H,11,12). The Labute approximate surface area is 74.7 Å². The lowest BCUT2D eigenvalue weighted by molar-refractivity contribution is -0.189. The topological polar surface area (TPSA) is 46.5 Å². The molecule has 1 rings (SSSR count). The van der Waals surface area contributed by atoms with Crippen LogP contribution in [0.1, 0.15) is 19.8 Å². The predicted molar refractivity (Wildman–Crippen MR) is 40.7 cm³/mol. The van der Waals surface area contributed by atoms with Gasteiger partial charge >= 0.3 is 11.9 Å². The molecule has 0 amide bonds. The number of aliphatic carboxylic acids is 1. The van der Waals surface area contributed by atoms with Gasteiger partial charge in [-0.1, -0.05) is 6.92 Å². The van der Waals surface area contributed by atoms with Crippen LogP contribution in [0.4, 0.5) is 8.78 Å². The van der Waals surface area contributed by atoms with Crippen LogP contribution in [0.25, 0.3) is 0 Å². The molecule has 1 saturated heterocycles. The summed E-state index contributed by atoms with van der Waals surface area (Å²) < 4.78 is 30.4. The van der Waals surface area contributed by atoms with Gasteiger partial charge in [0.05, 0.1) is 13.2 Å². The van der Waals surface area contributed by atoms with Gasteiger partial charge in [0.25, 0.3) is 0 Å². The molecule has 0 aliphatic carbocycles. The van der Waals surface area contributed by atoms with Gasteiger partial charge in [-0.2, -0.15) is 8.78 Å². The maximum atomic E-state index is 12.8. The van der Waals surface area contributed by atoms with Crippen molar-refractivity contribution >= 4 is 5.97 Å². The summed E-state index contributed by atoms with van der Waals surface area (Å²) in [5.74, 6) is -5.67. The highest BCUT2D eigenvalue weighted by molar-refractivity contribution is 5.75. The summed E-state index contributed by atoms with van der Waals surface area (Å²) in [6.45, 7) is 2.25. The Morgan fingerprint density at radius 2 is 2.15 bits per heavy atom. The number of halogens is 2. The zero-order valence-electron chi connectivity index (χ0n) is 7.35. The summed E-state index contributed by atoms with van der Waals surface area (Å²) >= 11 is 0. The minimum Gasteiger partial charge on any atom is -0.477 e. The van der Waals surface area contributed by atoms with Crippen molar-refractivity contribution in [2.75, 3.05) is 13.2 Å². The van der Waals surface area contributed by atoms with Gasteiger partial charge in [0, 0.05) is 11.8 Å². The van der Waals surface area contributed by atoms with E-state index in [1.165, 1.54) is 0 Å². The van der Waals surface area contributed by atoms with E-state index in [4.69, 9.17) is 9.84 Å². The molecule has 0 bridgehead atoms. The van der Waals surface area contributed by atoms with Crippen LogP contribution in [0.5, 0.6) is 0 Å². The molecule has 0 atom stereocenters. The van der Waals surface area contributed by atoms with Crippen LogP contribution in [0.2, 0.25) is 0 Å². The van der Waals surface area contributed by atoms with E-state index in [0.717, 1.165) is 0 Å². The summed E-state index contributed by atoms with van der Waals surface area (Å²) in [6, 6.07) is 0. The second-order valence-corrected chi connectivity index (χ2v) is 3.53. The summed E-state index contributed by atoms with van der Waals surface area (Å²) in [6.07, 6.45) is -0.0955. The van der Waals surface area contributed by atoms with Crippen LogP contribution in [0.3, 0.4) is 0 Å². The molecule has 1 aliphatic rings. The quantitative estimate of drug-likeness (QED) is 0.738. The Hall–Kier alpha value is -0.710. The highest BCUT2D eigenvalue weighted by Crippen LogP contribution is 2.41. The van der Waals surface area contributed by atoms with Crippen molar-refractivity contribution < 1.29 is 23.4 Å². The lowest BCUT2D eigenvalue weighted by Gasteiger charge is -2.41. The first-order chi connectivity index (χ1) is 5.92. The van der Waals surface area contributed by atoms with Gasteiger partial charge in [-0.15, -0.1) is 0 Å². The number of rotatable bonds is 4. The average molecular weight is 194 g/mol. The number of ether oxygens (including phenoxy) is 1. The van der Waals surface area contributed by atoms with Crippen molar-refractivity contribution in [3.63, 3.8) is 0 Å². The molecular formula is C8H12F2O3. The molecular weight excluding hydrogens is 182 g/mol. The molecule has 0 unspecified atom stereocenters.